The summed E-state index contributed by atoms with van der Waals surface area (Å²) in [4.78, 5) is 0.0361. The minimum atomic E-state index is -3.97. The van der Waals surface area contributed by atoms with E-state index in [0.29, 0.717) is 22.2 Å². The van der Waals surface area contributed by atoms with Crippen molar-refractivity contribution in [2.75, 3.05) is 6.61 Å². The maximum atomic E-state index is 12.3. The summed E-state index contributed by atoms with van der Waals surface area (Å²) in [6, 6.07) is 11.0. The van der Waals surface area contributed by atoms with Crippen molar-refractivity contribution < 1.29 is 22.4 Å². The highest BCUT2D eigenvalue weighted by molar-refractivity contribution is 7.86. The van der Waals surface area contributed by atoms with E-state index in [-0.39, 0.29) is 4.90 Å². The Morgan fingerprint density at radius 2 is 1.78 bits per heavy atom. The van der Waals surface area contributed by atoms with Gasteiger partial charge >= 0.3 is 0 Å². The minimum Gasteiger partial charge on any atom is -0.486 e. The van der Waals surface area contributed by atoms with E-state index in [0.717, 1.165) is 12.0 Å². The van der Waals surface area contributed by atoms with E-state index in [1.807, 2.05) is 13.8 Å². The number of aliphatic hydroxyl groups is 1. The van der Waals surface area contributed by atoms with Crippen LogP contribution in [0.5, 0.6) is 5.75 Å². The third kappa shape index (κ3) is 6.36. The fraction of sp³-hybridized carbons (Fsp3) is 0.368. The molecule has 0 saturated carbocycles. The van der Waals surface area contributed by atoms with Crippen molar-refractivity contribution in [2.45, 2.75) is 43.8 Å². The lowest BCUT2D eigenvalue weighted by molar-refractivity contribution is 0.00342. The van der Waals surface area contributed by atoms with Gasteiger partial charge in [0.15, 0.2) is 0 Å². The van der Waals surface area contributed by atoms with Crippen LogP contribution in [0.1, 0.15) is 25.3 Å². The van der Waals surface area contributed by atoms with Gasteiger partial charge in [-0.15, -0.1) is 0 Å². The van der Waals surface area contributed by atoms with Crippen molar-refractivity contribution in [3.05, 3.63) is 58.1 Å². The molecule has 0 spiro atoms. The zero-order valence-electron chi connectivity index (χ0n) is 15.1. The van der Waals surface area contributed by atoms with E-state index in [2.05, 4.69) is 0 Å². The number of hydrogen-bond acceptors (Lipinski definition) is 5. The number of benzene rings is 2. The molecule has 8 heteroatoms. The summed E-state index contributed by atoms with van der Waals surface area (Å²) in [5.41, 5.74) is 0.935. The molecule has 1 N–H and O–H groups in total. The van der Waals surface area contributed by atoms with Crippen LogP contribution in [-0.4, -0.2) is 32.3 Å². The molecule has 0 aliphatic heterocycles. The van der Waals surface area contributed by atoms with Crippen molar-refractivity contribution in [2.24, 2.45) is 0 Å². The lowest BCUT2D eigenvalue weighted by Crippen LogP contribution is -2.36. The lowest BCUT2D eigenvalue weighted by Gasteiger charge is -2.24. The van der Waals surface area contributed by atoms with E-state index in [1.165, 1.54) is 18.2 Å². The van der Waals surface area contributed by atoms with Crippen LogP contribution in [0.4, 0.5) is 0 Å². The molecule has 0 fully saturated rings. The maximum Gasteiger partial charge on any atom is 0.297 e. The molecular formula is C19H22Cl2O5S. The Hall–Kier alpha value is -1.31. The zero-order chi connectivity index (χ0) is 20.0. The molecule has 2 atom stereocenters. The van der Waals surface area contributed by atoms with Crippen LogP contribution >= 0.6 is 23.2 Å². The third-order valence-corrected chi connectivity index (χ3v) is 5.70. The van der Waals surface area contributed by atoms with Crippen LogP contribution in [0.3, 0.4) is 0 Å². The molecule has 148 valence electrons. The summed E-state index contributed by atoms with van der Waals surface area (Å²) in [6.45, 7) is 3.36. The first kappa shape index (κ1) is 22.0. The largest absolute Gasteiger partial charge is 0.486 e. The Morgan fingerprint density at radius 1 is 1.11 bits per heavy atom. The van der Waals surface area contributed by atoms with Crippen LogP contribution in [0.15, 0.2) is 47.4 Å². The van der Waals surface area contributed by atoms with Crippen molar-refractivity contribution >= 4 is 33.3 Å². The number of aliphatic hydroxyl groups excluding tert-OH is 1. The highest BCUT2D eigenvalue weighted by atomic mass is 35.5. The molecule has 0 amide bonds. The Bertz CT molecular complexity index is 853. The van der Waals surface area contributed by atoms with E-state index in [4.69, 9.17) is 32.1 Å². The molecule has 0 unspecified atom stereocenters. The average molecular weight is 433 g/mol. The number of halogens is 2. The summed E-state index contributed by atoms with van der Waals surface area (Å²) in [5, 5.41) is 11.2. The molecule has 0 bridgehead atoms. The Morgan fingerprint density at radius 3 is 2.37 bits per heavy atom. The van der Waals surface area contributed by atoms with Gasteiger partial charge in [0.1, 0.15) is 18.0 Å². The number of aryl methyl sites for hydroxylation is 1. The predicted octanol–water partition coefficient (Wildman–Crippen LogP) is 4.62. The second-order valence-corrected chi connectivity index (χ2v) is 8.60. The quantitative estimate of drug-likeness (QED) is 0.585. The molecule has 0 heterocycles. The second-order valence-electron chi connectivity index (χ2n) is 6.14. The first-order valence-corrected chi connectivity index (χ1v) is 10.6. The van der Waals surface area contributed by atoms with Crippen LogP contribution in [-0.2, 0) is 14.3 Å². The summed E-state index contributed by atoms with van der Waals surface area (Å²) < 4.78 is 35.3. The van der Waals surface area contributed by atoms with Crippen molar-refractivity contribution in [3.63, 3.8) is 0 Å². The van der Waals surface area contributed by atoms with Gasteiger partial charge in [-0.3, -0.25) is 4.18 Å². The third-order valence-electron chi connectivity index (χ3n) is 3.88. The molecule has 5 nitrogen and oxygen atoms in total. The standard InChI is InChI=1S/C19H22Cl2O5S/c1-3-4-19(26-18-10-7-14(20)11-16(18)21)17(22)12-25-27(23,24)15-8-5-13(2)6-9-15/h5-11,17,19,22H,3-4,12H2,1-2H3/t17-,19+/m1/s1. The zero-order valence-corrected chi connectivity index (χ0v) is 17.4. The average Bonchev–Trinajstić information content (AvgIpc) is 2.62. The summed E-state index contributed by atoms with van der Waals surface area (Å²) >= 11 is 12.0. The van der Waals surface area contributed by atoms with Crippen molar-refractivity contribution in [1.82, 2.24) is 0 Å². The normalized spacial score (nSPS) is 14.0. The van der Waals surface area contributed by atoms with Gasteiger partial charge in [-0.1, -0.05) is 54.2 Å². The smallest absolute Gasteiger partial charge is 0.297 e. The van der Waals surface area contributed by atoms with Crippen LogP contribution in [0, 0.1) is 6.92 Å². The van der Waals surface area contributed by atoms with Gasteiger partial charge in [-0.2, -0.15) is 8.42 Å². The van der Waals surface area contributed by atoms with Crippen molar-refractivity contribution in [3.8, 4) is 5.75 Å². The van der Waals surface area contributed by atoms with E-state index >= 15 is 0 Å². The van der Waals surface area contributed by atoms with E-state index in [9.17, 15) is 13.5 Å². The minimum absolute atomic E-state index is 0.0361. The van der Waals surface area contributed by atoms with Gasteiger partial charge < -0.3 is 9.84 Å². The molecule has 0 aliphatic carbocycles. The van der Waals surface area contributed by atoms with Gasteiger partial charge in [0, 0.05) is 5.02 Å². The molecule has 2 aromatic carbocycles. The van der Waals surface area contributed by atoms with Crippen LogP contribution in [0.25, 0.3) is 0 Å². The molecule has 0 saturated heterocycles. The molecule has 2 rings (SSSR count). The van der Waals surface area contributed by atoms with E-state index in [1.54, 1.807) is 24.3 Å². The highest BCUT2D eigenvalue weighted by Gasteiger charge is 2.25. The van der Waals surface area contributed by atoms with E-state index < -0.39 is 28.9 Å². The fourth-order valence-electron chi connectivity index (χ4n) is 2.39. The predicted molar refractivity (Wildman–Crippen MR) is 106 cm³/mol. The van der Waals surface area contributed by atoms with Crippen LogP contribution < -0.4 is 4.74 Å². The number of rotatable bonds is 9. The fourth-order valence-corrected chi connectivity index (χ4v) is 3.76. The monoisotopic (exact) mass is 432 g/mol. The van der Waals surface area contributed by atoms with Gasteiger partial charge in [0.25, 0.3) is 10.1 Å². The summed E-state index contributed by atoms with van der Waals surface area (Å²) in [6.07, 6.45) is -0.620. The summed E-state index contributed by atoms with van der Waals surface area (Å²) in [7, 11) is -3.97. The first-order chi connectivity index (χ1) is 12.7. The van der Waals surface area contributed by atoms with Gasteiger partial charge in [-0.05, 0) is 43.7 Å². The maximum absolute atomic E-state index is 12.3. The van der Waals surface area contributed by atoms with Gasteiger partial charge in [-0.25, -0.2) is 0 Å². The molecule has 0 radical (unpaired) electrons. The van der Waals surface area contributed by atoms with Crippen molar-refractivity contribution in [1.29, 1.82) is 0 Å². The van der Waals surface area contributed by atoms with Gasteiger partial charge in [0.05, 0.1) is 16.5 Å². The molecule has 2 aromatic rings. The topological polar surface area (TPSA) is 72.8 Å². The Balaban J connectivity index is 2.05. The van der Waals surface area contributed by atoms with Crippen LogP contribution in [0.2, 0.25) is 10.0 Å². The molecular weight excluding hydrogens is 411 g/mol. The molecule has 27 heavy (non-hydrogen) atoms. The molecule has 0 aromatic heterocycles. The number of hydrogen-bond donors (Lipinski definition) is 1. The lowest BCUT2D eigenvalue weighted by atomic mass is 10.1. The van der Waals surface area contributed by atoms with Gasteiger partial charge in [0.2, 0.25) is 0 Å². The Kier molecular flexibility index (Phi) is 7.94. The molecule has 0 aliphatic rings. The Labute approximate surface area is 170 Å². The highest BCUT2D eigenvalue weighted by Crippen LogP contribution is 2.29. The summed E-state index contributed by atoms with van der Waals surface area (Å²) in [5.74, 6) is 0.361. The SMILES string of the molecule is CCC[C@H](Oc1ccc(Cl)cc1Cl)[C@H](O)COS(=O)(=O)c1ccc(C)cc1. The first-order valence-electron chi connectivity index (χ1n) is 8.49. The second kappa shape index (κ2) is 9.75. The number of ether oxygens (including phenoxy) is 1.